The van der Waals surface area contributed by atoms with Gasteiger partial charge in [-0.25, -0.2) is 0 Å². The highest BCUT2D eigenvalue weighted by atomic mass is 32.2. The van der Waals surface area contributed by atoms with E-state index in [1.807, 2.05) is 0 Å². The maximum Gasteiger partial charge on any atom is 0.0441 e. The standard InChI is InChI=1S/C14H21NOS/c1-10-5-6-12(7-11(10)2)13-8-17(16)9-14(3,4)15-13/h5-7,13,15H,8-9H2,1-4H3. The molecule has 2 rings (SSSR count). The Morgan fingerprint density at radius 3 is 2.59 bits per heavy atom. The van der Waals surface area contributed by atoms with Gasteiger partial charge in [-0.15, -0.1) is 0 Å². The Hall–Kier alpha value is -0.670. The largest absolute Gasteiger partial charge is 0.303 e. The van der Waals surface area contributed by atoms with E-state index in [4.69, 9.17) is 0 Å². The van der Waals surface area contributed by atoms with Crippen LogP contribution in [-0.4, -0.2) is 21.3 Å². The molecule has 1 fully saturated rings. The van der Waals surface area contributed by atoms with Crippen LogP contribution in [-0.2, 0) is 10.8 Å². The number of rotatable bonds is 1. The summed E-state index contributed by atoms with van der Waals surface area (Å²) in [7, 11) is -0.715. The highest BCUT2D eigenvalue weighted by molar-refractivity contribution is 7.85. The van der Waals surface area contributed by atoms with Crippen LogP contribution in [0.3, 0.4) is 0 Å². The van der Waals surface area contributed by atoms with E-state index in [1.54, 1.807) is 0 Å². The van der Waals surface area contributed by atoms with Gasteiger partial charge in [0.25, 0.3) is 0 Å². The van der Waals surface area contributed by atoms with Crippen molar-refractivity contribution in [1.29, 1.82) is 0 Å². The van der Waals surface area contributed by atoms with Crippen molar-refractivity contribution in [2.24, 2.45) is 0 Å². The van der Waals surface area contributed by atoms with E-state index in [-0.39, 0.29) is 11.6 Å². The summed E-state index contributed by atoms with van der Waals surface area (Å²) in [4.78, 5) is 0. The Balaban J connectivity index is 2.27. The van der Waals surface area contributed by atoms with E-state index in [9.17, 15) is 4.21 Å². The Morgan fingerprint density at radius 2 is 2.00 bits per heavy atom. The molecule has 0 aliphatic carbocycles. The molecule has 1 aliphatic rings. The Labute approximate surface area is 106 Å². The van der Waals surface area contributed by atoms with Crippen LogP contribution in [0, 0.1) is 13.8 Å². The molecule has 1 aromatic rings. The first kappa shape index (κ1) is 12.8. The van der Waals surface area contributed by atoms with Gasteiger partial charge in [-0.05, 0) is 44.4 Å². The lowest BCUT2D eigenvalue weighted by Gasteiger charge is -2.36. The van der Waals surface area contributed by atoms with Crippen LogP contribution in [0.15, 0.2) is 18.2 Å². The average Bonchev–Trinajstić information content (AvgIpc) is 2.19. The zero-order chi connectivity index (χ0) is 12.6. The minimum Gasteiger partial charge on any atom is -0.303 e. The third-order valence-corrected chi connectivity index (χ3v) is 5.12. The van der Waals surface area contributed by atoms with Gasteiger partial charge in [-0.3, -0.25) is 4.21 Å². The summed E-state index contributed by atoms with van der Waals surface area (Å²) in [5.41, 5.74) is 3.84. The zero-order valence-corrected chi connectivity index (χ0v) is 11.9. The normalized spacial score (nSPS) is 28.0. The van der Waals surface area contributed by atoms with Gasteiger partial charge in [0.1, 0.15) is 0 Å². The summed E-state index contributed by atoms with van der Waals surface area (Å²) in [5.74, 6) is 1.47. The van der Waals surface area contributed by atoms with Crippen molar-refractivity contribution >= 4 is 10.8 Å². The predicted molar refractivity (Wildman–Crippen MR) is 73.7 cm³/mol. The van der Waals surface area contributed by atoms with Crippen LogP contribution in [0.4, 0.5) is 0 Å². The zero-order valence-electron chi connectivity index (χ0n) is 11.0. The minimum atomic E-state index is -0.715. The number of hydrogen-bond donors (Lipinski definition) is 1. The first-order valence-corrected chi connectivity index (χ1v) is 7.56. The summed E-state index contributed by atoms with van der Waals surface area (Å²) in [5, 5.41) is 3.59. The molecule has 2 atom stereocenters. The molecule has 2 unspecified atom stereocenters. The van der Waals surface area contributed by atoms with Crippen molar-refractivity contribution in [2.75, 3.05) is 11.5 Å². The second-order valence-corrected chi connectivity index (χ2v) is 7.18. The van der Waals surface area contributed by atoms with E-state index in [0.717, 1.165) is 11.5 Å². The molecule has 0 aromatic heterocycles. The molecule has 3 heteroatoms. The quantitative estimate of drug-likeness (QED) is 0.831. The van der Waals surface area contributed by atoms with E-state index in [2.05, 4.69) is 51.2 Å². The van der Waals surface area contributed by atoms with Crippen molar-refractivity contribution in [3.8, 4) is 0 Å². The molecule has 2 nitrogen and oxygen atoms in total. The lowest BCUT2D eigenvalue weighted by molar-refractivity contribution is 0.369. The fourth-order valence-electron chi connectivity index (χ4n) is 2.36. The molecule has 0 saturated carbocycles. The maximum atomic E-state index is 11.9. The Bertz CT molecular complexity index is 454. The second-order valence-electron chi connectivity index (χ2n) is 5.68. The third kappa shape index (κ3) is 2.96. The molecule has 0 bridgehead atoms. The molecule has 0 spiro atoms. The monoisotopic (exact) mass is 251 g/mol. The van der Waals surface area contributed by atoms with Gasteiger partial charge in [-0.1, -0.05) is 18.2 Å². The number of nitrogens with one attached hydrogen (secondary N) is 1. The predicted octanol–water partition coefficient (Wildman–Crippen LogP) is 2.48. The first-order valence-electron chi connectivity index (χ1n) is 6.07. The van der Waals surface area contributed by atoms with E-state index < -0.39 is 10.8 Å². The van der Waals surface area contributed by atoms with Gasteiger partial charge in [0.05, 0.1) is 0 Å². The van der Waals surface area contributed by atoms with Gasteiger partial charge in [-0.2, -0.15) is 0 Å². The topological polar surface area (TPSA) is 29.1 Å². The van der Waals surface area contributed by atoms with Crippen molar-refractivity contribution in [3.05, 3.63) is 34.9 Å². The molecule has 1 aromatic carbocycles. The van der Waals surface area contributed by atoms with Crippen molar-refractivity contribution < 1.29 is 4.21 Å². The van der Waals surface area contributed by atoms with Crippen LogP contribution in [0.5, 0.6) is 0 Å². The number of aryl methyl sites for hydroxylation is 2. The summed E-state index contributed by atoms with van der Waals surface area (Å²) < 4.78 is 11.9. The summed E-state index contributed by atoms with van der Waals surface area (Å²) in [6.07, 6.45) is 0. The fourth-order valence-corrected chi connectivity index (χ4v) is 4.02. The van der Waals surface area contributed by atoms with Crippen LogP contribution < -0.4 is 5.32 Å². The van der Waals surface area contributed by atoms with Crippen molar-refractivity contribution in [1.82, 2.24) is 5.32 Å². The number of hydrogen-bond acceptors (Lipinski definition) is 2. The van der Waals surface area contributed by atoms with Gasteiger partial charge in [0.15, 0.2) is 0 Å². The summed E-state index contributed by atoms with van der Waals surface area (Å²) in [6, 6.07) is 6.74. The number of benzene rings is 1. The van der Waals surface area contributed by atoms with Gasteiger partial charge >= 0.3 is 0 Å². The second kappa shape index (κ2) is 4.54. The molecule has 0 radical (unpaired) electrons. The molecule has 1 aliphatic heterocycles. The van der Waals surface area contributed by atoms with Crippen molar-refractivity contribution in [3.63, 3.8) is 0 Å². The van der Waals surface area contributed by atoms with E-state index >= 15 is 0 Å². The molecule has 94 valence electrons. The highest BCUT2D eigenvalue weighted by Crippen LogP contribution is 2.25. The van der Waals surface area contributed by atoms with Crippen LogP contribution in [0.2, 0.25) is 0 Å². The minimum absolute atomic E-state index is 0.0352. The highest BCUT2D eigenvalue weighted by Gasteiger charge is 2.32. The van der Waals surface area contributed by atoms with Gasteiger partial charge in [0, 0.05) is 33.9 Å². The Morgan fingerprint density at radius 1 is 1.29 bits per heavy atom. The van der Waals surface area contributed by atoms with Crippen LogP contribution in [0.1, 0.15) is 36.6 Å². The van der Waals surface area contributed by atoms with Gasteiger partial charge in [0.2, 0.25) is 0 Å². The SMILES string of the molecule is Cc1ccc(C2CS(=O)CC(C)(C)N2)cc1C. The third-order valence-electron chi connectivity index (χ3n) is 3.37. The average molecular weight is 251 g/mol. The molecule has 1 heterocycles. The van der Waals surface area contributed by atoms with Crippen LogP contribution >= 0.6 is 0 Å². The van der Waals surface area contributed by atoms with Crippen molar-refractivity contribution in [2.45, 2.75) is 39.3 Å². The van der Waals surface area contributed by atoms with Gasteiger partial charge < -0.3 is 5.32 Å². The van der Waals surface area contributed by atoms with E-state index in [1.165, 1.54) is 16.7 Å². The first-order chi connectivity index (χ1) is 7.87. The summed E-state index contributed by atoms with van der Waals surface area (Å²) in [6.45, 7) is 8.50. The molecular formula is C14H21NOS. The fraction of sp³-hybridized carbons (Fsp3) is 0.571. The van der Waals surface area contributed by atoms with Crippen LogP contribution in [0.25, 0.3) is 0 Å². The maximum absolute atomic E-state index is 11.9. The molecule has 17 heavy (non-hydrogen) atoms. The lowest BCUT2D eigenvalue weighted by atomic mass is 9.99. The Kier molecular flexibility index (Phi) is 3.41. The smallest absolute Gasteiger partial charge is 0.0441 e. The molecular weight excluding hydrogens is 230 g/mol. The summed E-state index contributed by atoms with van der Waals surface area (Å²) >= 11 is 0. The molecule has 1 saturated heterocycles. The molecule has 1 N–H and O–H groups in total. The van der Waals surface area contributed by atoms with E-state index in [0.29, 0.717) is 0 Å². The molecule has 0 amide bonds. The lowest BCUT2D eigenvalue weighted by Crippen LogP contribution is -2.52.